The molecule has 33 heavy (non-hydrogen) atoms. The molecule has 172 valence electrons. The van der Waals surface area contributed by atoms with E-state index in [0.717, 1.165) is 31.9 Å². The number of aryl methyl sites for hydroxylation is 2. The highest BCUT2D eigenvalue weighted by Crippen LogP contribution is 2.23. The normalized spacial score (nSPS) is 13.7. The molecule has 1 fully saturated rings. The van der Waals surface area contributed by atoms with E-state index in [9.17, 15) is 4.79 Å². The second-order valence-electron chi connectivity index (χ2n) is 8.16. The number of amides is 1. The van der Waals surface area contributed by atoms with Crippen LogP contribution in [0.3, 0.4) is 0 Å². The lowest BCUT2D eigenvalue weighted by Crippen LogP contribution is -2.47. The fourth-order valence-corrected chi connectivity index (χ4v) is 3.85. The molecule has 0 atom stereocenters. The van der Waals surface area contributed by atoms with Crippen LogP contribution in [0.1, 0.15) is 27.2 Å². The van der Waals surface area contributed by atoms with Gasteiger partial charge < -0.3 is 19.9 Å². The number of piperazine rings is 1. The number of hydrogen-bond acceptors (Lipinski definition) is 7. The summed E-state index contributed by atoms with van der Waals surface area (Å²) in [5.41, 5.74) is 5.11. The van der Waals surface area contributed by atoms with Crippen molar-refractivity contribution in [3.8, 4) is 5.88 Å². The molecule has 0 unspecified atom stereocenters. The second kappa shape index (κ2) is 10.3. The van der Waals surface area contributed by atoms with E-state index in [4.69, 9.17) is 4.74 Å². The minimum Gasteiger partial charge on any atom is -0.480 e. The Bertz CT molecular complexity index is 1100. The van der Waals surface area contributed by atoms with Gasteiger partial charge >= 0.3 is 0 Å². The molecule has 1 saturated heterocycles. The Hall–Kier alpha value is -3.68. The first-order valence-corrected chi connectivity index (χ1v) is 11.2. The number of methoxy groups -OCH3 is 1. The van der Waals surface area contributed by atoms with Gasteiger partial charge in [-0.25, -0.2) is 4.98 Å². The molecule has 8 heteroatoms. The molecule has 4 rings (SSSR count). The van der Waals surface area contributed by atoms with Gasteiger partial charge in [0.2, 0.25) is 11.8 Å². The van der Waals surface area contributed by atoms with Gasteiger partial charge in [-0.2, -0.15) is 4.98 Å². The smallest absolute Gasteiger partial charge is 0.258 e. The van der Waals surface area contributed by atoms with Crippen LogP contribution in [-0.2, 0) is 6.42 Å². The summed E-state index contributed by atoms with van der Waals surface area (Å²) in [5.74, 6) is 0.609. The van der Waals surface area contributed by atoms with Crippen molar-refractivity contribution < 1.29 is 9.53 Å². The quantitative estimate of drug-likeness (QED) is 0.597. The lowest BCUT2D eigenvalue weighted by molar-refractivity contribution is 0.0950. The summed E-state index contributed by atoms with van der Waals surface area (Å²) in [5, 5.41) is 2.89. The zero-order valence-corrected chi connectivity index (χ0v) is 19.4. The van der Waals surface area contributed by atoms with Crippen LogP contribution in [0.2, 0.25) is 0 Å². The molecule has 0 radical (unpaired) electrons. The van der Waals surface area contributed by atoms with Crippen molar-refractivity contribution in [3.05, 3.63) is 71.2 Å². The van der Waals surface area contributed by atoms with Crippen molar-refractivity contribution in [1.82, 2.24) is 20.3 Å². The summed E-state index contributed by atoms with van der Waals surface area (Å²) >= 11 is 0. The van der Waals surface area contributed by atoms with Crippen molar-refractivity contribution in [3.63, 3.8) is 0 Å². The Morgan fingerprint density at radius 1 is 1.03 bits per heavy atom. The summed E-state index contributed by atoms with van der Waals surface area (Å²) in [6, 6.07) is 12.3. The minimum absolute atomic E-state index is 0.256. The topological polar surface area (TPSA) is 83.5 Å². The highest BCUT2D eigenvalue weighted by atomic mass is 16.5. The van der Waals surface area contributed by atoms with E-state index in [1.54, 1.807) is 12.4 Å². The van der Waals surface area contributed by atoms with Gasteiger partial charge in [0.15, 0.2) is 0 Å². The van der Waals surface area contributed by atoms with Gasteiger partial charge in [0.1, 0.15) is 5.56 Å². The van der Waals surface area contributed by atoms with Gasteiger partial charge in [0, 0.05) is 62.9 Å². The molecule has 3 heterocycles. The van der Waals surface area contributed by atoms with Crippen molar-refractivity contribution >= 4 is 17.5 Å². The van der Waals surface area contributed by atoms with Crippen molar-refractivity contribution in [1.29, 1.82) is 0 Å². The van der Waals surface area contributed by atoms with Gasteiger partial charge in [-0.3, -0.25) is 9.78 Å². The predicted octanol–water partition coefficient (Wildman–Crippen LogP) is 2.80. The van der Waals surface area contributed by atoms with Crippen molar-refractivity contribution in [2.24, 2.45) is 0 Å². The van der Waals surface area contributed by atoms with Crippen LogP contribution in [-0.4, -0.2) is 60.7 Å². The van der Waals surface area contributed by atoms with E-state index < -0.39 is 0 Å². The average Bonchev–Trinajstić information content (AvgIpc) is 2.86. The van der Waals surface area contributed by atoms with Crippen LogP contribution in [0.4, 0.5) is 11.6 Å². The number of ether oxygens (including phenoxy) is 1. The Kier molecular flexibility index (Phi) is 7.02. The molecule has 0 bridgehead atoms. The van der Waals surface area contributed by atoms with Crippen molar-refractivity contribution in [2.75, 3.05) is 49.6 Å². The predicted molar refractivity (Wildman–Crippen MR) is 129 cm³/mol. The number of carbonyl (C=O) groups excluding carboxylic acids is 1. The second-order valence-corrected chi connectivity index (χ2v) is 8.16. The Labute approximate surface area is 194 Å². The summed E-state index contributed by atoms with van der Waals surface area (Å²) in [6.45, 7) is 8.10. The maximum Gasteiger partial charge on any atom is 0.258 e. The van der Waals surface area contributed by atoms with E-state index in [1.807, 2.05) is 18.2 Å². The first-order chi connectivity index (χ1) is 16.0. The maximum absolute atomic E-state index is 12.6. The fraction of sp³-hybridized carbons (Fsp3) is 0.360. The number of pyridine rings is 1. The van der Waals surface area contributed by atoms with Gasteiger partial charge in [-0.15, -0.1) is 0 Å². The molecule has 1 aliphatic heterocycles. The minimum atomic E-state index is -0.256. The van der Waals surface area contributed by atoms with Gasteiger partial charge in [0.05, 0.1) is 7.11 Å². The first kappa shape index (κ1) is 22.5. The zero-order chi connectivity index (χ0) is 23.2. The molecule has 1 aliphatic rings. The lowest BCUT2D eigenvalue weighted by Gasteiger charge is -2.36. The zero-order valence-electron chi connectivity index (χ0n) is 19.4. The lowest BCUT2D eigenvalue weighted by atomic mass is 10.1. The first-order valence-electron chi connectivity index (χ1n) is 11.2. The third-order valence-electron chi connectivity index (χ3n) is 5.99. The van der Waals surface area contributed by atoms with Crippen LogP contribution >= 0.6 is 0 Å². The molecule has 1 N–H and O–H groups in total. The van der Waals surface area contributed by atoms with Crippen LogP contribution < -0.4 is 19.9 Å². The number of aromatic nitrogens is 3. The number of rotatable bonds is 7. The molecule has 1 amide bonds. The van der Waals surface area contributed by atoms with E-state index >= 15 is 0 Å². The largest absolute Gasteiger partial charge is 0.480 e. The molecule has 0 spiro atoms. The van der Waals surface area contributed by atoms with Gasteiger partial charge in [-0.05, 0) is 49.2 Å². The summed E-state index contributed by atoms with van der Waals surface area (Å²) < 4.78 is 5.42. The number of nitrogens with one attached hydrogen (secondary N) is 1. The highest BCUT2D eigenvalue weighted by Gasteiger charge is 2.22. The molecule has 8 nitrogen and oxygen atoms in total. The van der Waals surface area contributed by atoms with Crippen LogP contribution in [0.25, 0.3) is 0 Å². The van der Waals surface area contributed by atoms with E-state index in [1.165, 1.54) is 23.9 Å². The molecular formula is C25H30N6O2. The standard InChI is InChI=1S/C25H30N6O2/c1-18-7-8-21(16-19(18)2)30-12-14-31(15-13-30)25-28-17-22(24(29-25)33-3)23(32)27-11-9-20-6-4-5-10-26-20/h4-8,10,16-17H,9,11-15H2,1-3H3,(H,27,32). The molecule has 1 aromatic carbocycles. The number of carbonyl (C=O) groups is 1. The van der Waals surface area contributed by atoms with Crippen LogP contribution in [0, 0.1) is 13.8 Å². The molecule has 2 aromatic heterocycles. The Balaban J connectivity index is 1.36. The Morgan fingerprint density at radius 3 is 2.52 bits per heavy atom. The summed E-state index contributed by atoms with van der Waals surface area (Å²) in [6.07, 6.45) is 3.94. The highest BCUT2D eigenvalue weighted by molar-refractivity contribution is 5.96. The number of hydrogen-bond donors (Lipinski definition) is 1. The third kappa shape index (κ3) is 5.39. The number of nitrogens with zero attached hydrogens (tertiary/aromatic N) is 5. The summed E-state index contributed by atoms with van der Waals surface area (Å²) in [4.78, 5) is 30.4. The molecule has 3 aromatic rings. The van der Waals surface area contributed by atoms with E-state index in [2.05, 4.69) is 62.1 Å². The molecule has 0 aliphatic carbocycles. The maximum atomic E-state index is 12.6. The molecule has 0 saturated carbocycles. The SMILES string of the molecule is COc1nc(N2CCN(c3ccc(C)c(C)c3)CC2)ncc1C(=O)NCCc1ccccn1. The monoisotopic (exact) mass is 446 g/mol. The number of anilines is 2. The number of benzene rings is 1. The summed E-state index contributed by atoms with van der Waals surface area (Å²) in [7, 11) is 1.52. The van der Waals surface area contributed by atoms with E-state index in [-0.39, 0.29) is 11.8 Å². The van der Waals surface area contributed by atoms with Crippen LogP contribution in [0.5, 0.6) is 5.88 Å². The average molecular weight is 447 g/mol. The Morgan fingerprint density at radius 2 is 1.82 bits per heavy atom. The van der Waals surface area contributed by atoms with Gasteiger partial charge in [0.25, 0.3) is 5.91 Å². The van der Waals surface area contributed by atoms with Crippen LogP contribution in [0.15, 0.2) is 48.8 Å². The van der Waals surface area contributed by atoms with Crippen molar-refractivity contribution in [2.45, 2.75) is 20.3 Å². The van der Waals surface area contributed by atoms with Gasteiger partial charge in [-0.1, -0.05) is 12.1 Å². The fourth-order valence-electron chi connectivity index (χ4n) is 3.85. The third-order valence-corrected chi connectivity index (χ3v) is 5.99. The molecular weight excluding hydrogens is 416 g/mol. The van der Waals surface area contributed by atoms with E-state index in [0.29, 0.717) is 24.5 Å².